The van der Waals surface area contributed by atoms with E-state index in [1.807, 2.05) is 6.08 Å². The van der Waals surface area contributed by atoms with E-state index in [0.29, 0.717) is 19.3 Å². The average Bonchev–Trinajstić information content (AvgIpc) is 3.41. The third kappa shape index (κ3) is 60.6. The molecule has 0 N–H and O–H groups in total. The Bertz CT molecular complexity index is 1500. The molecule has 0 aliphatic heterocycles. The van der Waals surface area contributed by atoms with Crippen LogP contribution in [0.5, 0.6) is 0 Å². The van der Waals surface area contributed by atoms with Gasteiger partial charge in [0.1, 0.15) is 13.2 Å². The highest BCUT2D eigenvalue weighted by atomic mass is 16.6. The number of unbranched alkanes of at least 4 members (excludes halogenated alkanes) is 24. The summed E-state index contributed by atoms with van der Waals surface area (Å²) in [5, 5.41) is 0. The van der Waals surface area contributed by atoms with Crippen molar-refractivity contribution in [2.45, 2.75) is 284 Å². The van der Waals surface area contributed by atoms with Crippen molar-refractivity contribution in [2.24, 2.45) is 0 Å². The van der Waals surface area contributed by atoms with Crippen LogP contribution in [-0.4, -0.2) is 37.2 Å². The number of hydrogen-bond donors (Lipinski definition) is 0. The minimum absolute atomic E-state index is 0.114. The van der Waals surface area contributed by atoms with Crippen LogP contribution in [0.3, 0.4) is 0 Å². The summed E-state index contributed by atoms with van der Waals surface area (Å²) in [7, 11) is 0. The van der Waals surface area contributed by atoms with E-state index in [1.54, 1.807) is 0 Å². The Balaban J connectivity index is 4.51. The van der Waals surface area contributed by atoms with Crippen LogP contribution in [0.25, 0.3) is 0 Å². The number of allylic oxidation sites excluding steroid dienone is 20. The van der Waals surface area contributed by atoms with Gasteiger partial charge in [0.2, 0.25) is 0 Å². The van der Waals surface area contributed by atoms with Gasteiger partial charge in [-0.05, 0) is 122 Å². The van der Waals surface area contributed by atoms with Gasteiger partial charge in [-0.3, -0.25) is 14.4 Å². The monoisotopic (exact) mass is 1040 g/mol. The van der Waals surface area contributed by atoms with Crippen molar-refractivity contribution in [3.05, 3.63) is 122 Å². The predicted molar refractivity (Wildman–Crippen MR) is 325 cm³/mol. The van der Waals surface area contributed by atoms with Crippen molar-refractivity contribution < 1.29 is 28.6 Å². The molecular formula is C69H114O6. The van der Waals surface area contributed by atoms with E-state index in [0.717, 1.165) is 89.9 Å². The molecular weight excluding hydrogens is 925 g/mol. The van der Waals surface area contributed by atoms with Crippen molar-refractivity contribution >= 4 is 17.9 Å². The van der Waals surface area contributed by atoms with Gasteiger partial charge in [0.05, 0.1) is 0 Å². The van der Waals surface area contributed by atoms with Crippen LogP contribution in [0.2, 0.25) is 0 Å². The van der Waals surface area contributed by atoms with Crippen LogP contribution in [0.15, 0.2) is 122 Å². The summed E-state index contributed by atoms with van der Waals surface area (Å²) in [4.78, 5) is 38.3. The minimum Gasteiger partial charge on any atom is -0.462 e. The van der Waals surface area contributed by atoms with Crippen LogP contribution in [0.4, 0.5) is 0 Å². The molecule has 0 fully saturated rings. The van der Waals surface area contributed by atoms with Crippen molar-refractivity contribution in [1.29, 1.82) is 0 Å². The van der Waals surface area contributed by atoms with Gasteiger partial charge in [0, 0.05) is 19.3 Å². The van der Waals surface area contributed by atoms with E-state index in [-0.39, 0.29) is 31.6 Å². The topological polar surface area (TPSA) is 78.9 Å². The number of esters is 3. The maximum atomic E-state index is 12.9. The first-order valence-corrected chi connectivity index (χ1v) is 31.0. The third-order valence-electron chi connectivity index (χ3n) is 12.9. The van der Waals surface area contributed by atoms with E-state index in [2.05, 4.69) is 136 Å². The van der Waals surface area contributed by atoms with E-state index < -0.39 is 12.1 Å². The lowest BCUT2D eigenvalue weighted by Gasteiger charge is -2.18. The van der Waals surface area contributed by atoms with Gasteiger partial charge in [-0.1, -0.05) is 258 Å². The van der Waals surface area contributed by atoms with Crippen LogP contribution >= 0.6 is 0 Å². The third-order valence-corrected chi connectivity index (χ3v) is 12.9. The molecule has 0 aliphatic rings. The molecule has 0 aromatic heterocycles. The molecule has 0 aromatic carbocycles. The van der Waals surface area contributed by atoms with Crippen LogP contribution < -0.4 is 0 Å². The first-order chi connectivity index (χ1) is 37.0. The Morgan fingerprint density at radius 1 is 0.280 bits per heavy atom. The first-order valence-electron chi connectivity index (χ1n) is 31.0. The average molecular weight is 1040 g/mol. The molecule has 6 nitrogen and oxygen atoms in total. The molecule has 75 heavy (non-hydrogen) atoms. The second-order valence-electron chi connectivity index (χ2n) is 20.2. The van der Waals surface area contributed by atoms with Crippen molar-refractivity contribution in [3.63, 3.8) is 0 Å². The largest absolute Gasteiger partial charge is 0.462 e. The molecule has 0 saturated heterocycles. The Hall–Kier alpha value is -4.19. The van der Waals surface area contributed by atoms with Gasteiger partial charge in [-0.15, -0.1) is 0 Å². The number of hydrogen-bond acceptors (Lipinski definition) is 6. The summed E-state index contributed by atoms with van der Waals surface area (Å²) in [6.45, 7) is 6.42. The van der Waals surface area contributed by atoms with Gasteiger partial charge in [-0.25, -0.2) is 0 Å². The van der Waals surface area contributed by atoms with Gasteiger partial charge in [0.25, 0.3) is 0 Å². The Labute approximate surface area is 462 Å². The lowest BCUT2D eigenvalue weighted by molar-refractivity contribution is -0.166. The normalized spacial score (nSPS) is 12.6. The minimum atomic E-state index is -0.827. The van der Waals surface area contributed by atoms with E-state index >= 15 is 0 Å². The number of carbonyl (C=O) groups excluding carboxylic acids is 3. The maximum absolute atomic E-state index is 12.9. The van der Waals surface area contributed by atoms with E-state index in [9.17, 15) is 14.4 Å². The molecule has 0 spiro atoms. The SMILES string of the molecule is CC/C=C\C/C=C\C/C=C\C/C=C\C/C=C\C/C=C\CCC(=O)OC(COC(=O)CCCCCCCCCCC/C=C\C/C=C\CCCCC)COC(=O)CCCCCCCCCCC/C=C\C/C=C\CCCCC. The zero-order chi connectivity index (χ0) is 54.3. The highest BCUT2D eigenvalue weighted by molar-refractivity contribution is 5.71. The molecule has 0 amide bonds. The molecule has 0 aromatic rings. The molecule has 0 atom stereocenters. The van der Waals surface area contributed by atoms with Gasteiger partial charge in [-0.2, -0.15) is 0 Å². The van der Waals surface area contributed by atoms with Crippen molar-refractivity contribution in [2.75, 3.05) is 13.2 Å². The number of rotatable bonds is 55. The summed E-state index contributed by atoms with van der Waals surface area (Å²) in [5.41, 5.74) is 0. The summed E-state index contributed by atoms with van der Waals surface area (Å²) >= 11 is 0. The molecule has 6 heteroatoms. The quantitative estimate of drug-likeness (QED) is 0.0261. The molecule has 0 bridgehead atoms. The summed E-state index contributed by atoms with van der Waals surface area (Å²) < 4.78 is 16.8. The predicted octanol–water partition coefficient (Wildman–Crippen LogP) is 21.2. The summed E-state index contributed by atoms with van der Waals surface area (Å²) in [6.07, 6.45) is 86.3. The second-order valence-corrected chi connectivity index (χ2v) is 20.2. The van der Waals surface area contributed by atoms with E-state index in [4.69, 9.17) is 14.2 Å². The molecule has 0 heterocycles. The summed E-state index contributed by atoms with van der Waals surface area (Å²) in [5.74, 6) is -1.00. The fraction of sp³-hybridized carbons (Fsp3) is 0.667. The standard InChI is InChI=1S/C69H114O6/c1-4-7-10-13-16-19-22-25-28-31-34-37-40-43-46-49-52-55-58-61-67(70)73-64-66(75-69(72)63-60-57-54-51-48-45-42-39-36-33-30-27-24-21-18-15-12-9-6-3)65-74-68(71)62-59-56-53-50-47-44-41-38-35-32-29-26-23-20-17-14-11-8-5-2/h9,12,16-21,25-30,36,39,45,48,54,57,66H,4-8,10-11,13-15,22-24,31-35,37-38,40-44,46-47,49-53,55-56,58-65H2,1-3H3/b12-9-,19-16-,20-17-,21-18-,28-25-,29-26-,30-27-,39-36-,48-45-,57-54-. The van der Waals surface area contributed by atoms with E-state index in [1.165, 1.54) is 141 Å². The Kier molecular flexibility index (Phi) is 58.9. The van der Waals surface area contributed by atoms with Crippen molar-refractivity contribution in [1.82, 2.24) is 0 Å². The smallest absolute Gasteiger partial charge is 0.306 e. The lowest BCUT2D eigenvalue weighted by Crippen LogP contribution is -2.30. The highest BCUT2D eigenvalue weighted by Crippen LogP contribution is 2.15. The molecule has 426 valence electrons. The second kappa shape index (κ2) is 62.4. The summed E-state index contributed by atoms with van der Waals surface area (Å²) in [6, 6.07) is 0. The van der Waals surface area contributed by atoms with Crippen molar-refractivity contribution in [3.8, 4) is 0 Å². The highest BCUT2D eigenvalue weighted by Gasteiger charge is 2.19. The Morgan fingerprint density at radius 2 is 0.547 bits per heavy atom. The van der Waals surface area contributed by atoms with Gasteiger partial charge in [0.15, 0.2) is 6.10 Å². The molecule has 0 unspecified atom stereocenters. The fourth-order valence-corrected chi connectivity index (χ4v) is 8.29. The Morgan fingerprint density at radius 3 is 0.867 bits per heavy atom. The zero-order valence-corrected chi connectivity index (χ0v) is 48.8. The zero-order valence-electron chi connectivity index (χ0n) is 48.8. The molecule has 0 radical (unpaired) electrons. The molecule has 0 saturated carbocycles. The molecule has 0 rings (SSSR count). The van der Waals surface area contributed by atoms with Gasteiger partial charge >= 0.3 is 17.9 Å². The maximum Gasteiger partial charge on any atom is 0.306 e. The number of carbonyl (C=O) groups is 3. The lowest BCUT2D eigenvalue weighted by atomic mass is 10.1. The van der Waals surface area contributed by atoms with Crippen LogP contribution in [0, 0.1) is 0 Å². The molecule has 0 aliphatic carbocycles. The van der Waals surface area contributed by atoms with Crippen LogP contribution in [0.1, 0.15) is 278 Å². The number of ether oxygens (including phenoxy) is 3. The fourth-order valence-electron chi connectivity index (χ4n) is 8.29. The first kappa shape index (κ1) is 70.8. The van der Waals surface area contributed by atoms with Crippen LogP contribution in [-0.2, 0) is 28.6 Å². The van der Waals surface area contributed by atoms with Gasteiger partial charge < -0.3 is 14.2 Å².